The molecule has 2 aromatic rings. The van der Waals surface area contributed by atoms with E-state index in [4.69, 9.17) is 14.5 Å². The molecule has 3 unspecified atom stereocenters. The van der Waals surface area contributed by atoms with Crippen molar-refractivity contribution in [3.05, 3.63) is 63.5 Å². The predicted octanol–water partition coefficient (Wildman–Crippen LogP) is 7.19. The molecule has 5 heteroatoms. The number of hydrogen-bond donors (Lipinski definition) is 1. The van der Waals surface area contributed by atoms with Gasteiger partial charge >= 0.3 is 0 Å². The number of rotatable bonds is 2. The van der Waals surface area contributed by atoms with Gasteiger partial charge in [0.15, 0.2) is 0 Å². The molecule has 2 aliphatic carbocycles. The molecule has 3 heterocycles. The minimum absolute atomic E-state index is 0.105. The molecule has 4 aliphatic rings. The van der Waals surface area contributed by atoms with E-state index in [1.807, 2.05) is 0 Å². The van der Waals surface area contributed by atoms with Crippen LogP contribution in [-0.2, 0) is 26.9 Å². The van der Waals surface area contributed by atoms with Gasteiger partial charge in [0.2, 0.25) is 0 Å². The highest BCUT2D eigenvalue weighted by Gasteiger charge is 2.56. The van der Waals surface area contributed by atoms with Gasteiger partial charge in [-0.25, -0.2) is 0 Å². The fourth-order valence-electron chi connectivity index (χ4n) is 7.17. The first-order valence-electron chi connectivity index (χ1n) is 13.8. The maximum atomic E-state index is 11.7. The largest absolute Gasteiger partial charge is 0.388 e. The summed E-state index contributed by atoms with van der Waals surface area (Å²) in [6, 6.07) is 9.01. The molecule has 6 rings (SSSR count). The fourth-order valence-corrected chi connectivity index (χ4v) is 8.20. The van der Waals surface area contributed by atoms with E-state index in [1.54, 1.807) is 0 Å². The first-order chi connectivity index (χ1) is 17.0. The highest BCUT2D eigenvalue weighted by Crippen LogP contribution is 2.61. The second-order valence-electron chi connectivity index (χ2n) is 13.1. The zero-order valence-electron chi connectivity index (χ0n) is 22.4. The summed E-state index contributed by atoms with van der Waals surface area (Å²) >= 11 is 2.54. The van der Waals surface area contributed by atoms with Gasteiger partial charge in [0.25, 0.3) is 0 Å². The van der Waals surface area contributed by atoms with Crippen LogP contribution in [0.1, 0.15) is 124 Å². The van der Waals surface area contributed by atoms with Crippen molar-refractivity contribution in [3.63, 3.8) is 0 Å². The van der Waals surface area contributed by atoms with E-state index in [0.29, 0.717) is 13.2 Å². The average Bonchev–Trinajstić information content (AvgIpc) is 3.14. The number of fused-ring (bicyclic) bond motifs is 4. The van der Waals surface area contributed by atoms with Crippen LogP contribution in [-0.4, -0.2) is 27.2 Å². The second kappa shape index (κ2) is 8.75. The number of aliphatic hydroxyl groups is 1. The number of aliphatic hydroxyl groups excluding tert-OH is 1. The summed E-state index contributed by atoms with van der Waals surface area (Å²) in [5, 5.41) is 11.7. The molecule has 1 saturated heterocycles. The Morgan fingerprint density at radius 3 is 2.39 bits per heavy atom. The van der Waals surface area contributed by atoms with E-state index in [9.17, 15) is 5.11 Å². The van der Waals surface area contributed by atoms with Gasteiger partial charge in [-0.1, -0.05) is 87.9 Å². The molecule has 1 N–H and O–H groups in total. The summed E-state index contributed by atoms with van der Waals surface area (Å²) < 4.78 is 13.3. The molecule has 0 amide bonds. The maximum absolute atomic E-state index is 11.7. The molecule has 0 radical (unpaired) electrons. The lowest BCUT2D eigenvalue weighted by Gasteiger charge is -2.48. The monoisotopic (exact) mass is 601 g/mol. The van der Waals surface area contributed by atoms with Crippen molar-refractivity contribution in [3.8, 4) is 0 Å². The second-order valence-corrected chi connectivity index (χ2v) is 14.6. The van der Waals surface area contributed by atoms with E-state index in [2.05, 4.69) is 81.5 Å². The lowest BCUT2D eigenvalue weighted by atomic mass is 9.58. The zero-order chi connectivity index (χ0) is 25.5. The van der Waals surface area contributed by atoms with Crippen LogP contribution in [0.4, 0.5) is 0 Å². The van der Waals surface area contributed by atoms with Crippen molar-refractivity contribution in [2.75, 3.05) is 13.2 Å². The van der Waals surface area contributed by atoms with Crippen LogP contribution in [0, 0.1) is 5.41 Å². The van der Waals surface area contributed by atoms with Gasteiger partial charge in [-0.3, -0.25) is 4.98 Å². The van der Waals surface area contributed by atoms with Crippen molar-refractivity contribution >= 4 is 22.6 Å². The van der Waals surface area contributed by atoms with Crippen molar-refractivity contribution in [2.24, 2.45) is 5.41 Å². The van der Waals surface area contributed by atoms with E-state index in [1.165, 1.54) is 41.5 Å². The molecule has 194 valence electrons. The molecule has 36 heavy (non-hydrogen) atoms. The SMILES string of the molecule is CC(C)c1nc2c(c3c1[C@@H](c1ccc(C(C)(C)C)cc1)OC31CCOCC1I)C(O)CC1(CCC1)C2. The number of alkyl halides is 1. The molecular weight excluding hydrogens is 561 g/mol. The van der Waals surface area contributed by atoms with Crippen LogP contribution in [0.15, 0.2) is 24.3 Å². The lowest BCUT2D eigenvalue weighted by molar-refractivity contribution is -0.113. The molecule has 2 spiro atoms. The number of pyridine rings is 1. The third kappa shape index (κ3) is 3.82. The van der Waals surface area contributed by atoms with Gasteiger partial charge in [0, 0.05) is 41.1 Å². The minimum atomic E-state index is -0.467. The molecule has 1 saturated carbocycles. The van der Waals surface area contributed by atoms with Crippen LogP contribution in [0.2, 0.25) is 0 Å². The molecule has 4 nitrogen and oxygen atoms in total. The highest BCUT2D eigenvalue weighted by atomic mass is 127. The quantitative estimate of drug-likeness (QED) is 0.293. The van der Waals surface area contributed by atoms with Gasteiger partial charge in [-0.15, -0.1) is 0 Å². The number of benzene rings is 1. The maximum Gasteiger partial charge on any atom is 0.111 e. The number of halogens is 1. The van der Waals surface area contributed by atoms with Crippen molar-refractivity contribution in [1.82, 2.24) is 4.98 Å². The summed E-state index contributed by atoms with van der Waals surface area (Å²) in [6.07, 6.45) is 5.73. The third-order valence-electron chi connectivity index (χ3n) is 9.32. The molecule has 2 aliphatic heterocycles. The van der Waals surface area contributed by atoms with Gasteiger partial charge < -0.3 is 14.6 Å². The molecule has 0 bridgehead atoms. The van der Waals surface area contributed by atoms with E-state index in [-0.39, 0.29) is 26.8 Å². The van der Waals surface area contributed by atoms with Crippen LogP contribution in [0.3, 0.4) is 0 Å². The van der Waals surface area contributed by atoms with Crippen molar-refractivity contribution in [1.29, 1.82) is 0 Å². The Balaban J connectivity index is 1.57. The Bertz CT molecular complexity index is 1160. The third-order valence-corrected chi connectivity index (χ3v) is 10.7. The summed E-state index contributed by atoms with van der Waals surface area (Å²) in [5.41, 5.74) is 8.26. The Kier molecular flexibility index (Phi) is 6.14. The fraction of sp³-hybridized carbons (Fsp3) is 0.645. The summed E-state index contributed by atoms with van der Waals surface area (Å²) in [5.74, 6) is 0.281. The van der Waals surface area contributed by atoms with Crippen LogP contribution >= 0.6 is 22.6 Å². The number of nitrogens with zero attached hydrogens (tertiary/aromatic N) is 1. The number of hydrogen-bond acceptors (Lipinski definition) is 4. The Labute approximate surface area is 229 Å². The van der Waals surface area contributed by atoms with Crippen LogP contribution in [0.5, 0.6) is 0 Å². The zero-order valence-corrected chi connectivity index (χ0v) is 24.5. The Morgan fingerprint density at radius 2 is 1.81 bits per heavy atom. The Morgan fingerprint density at radius 1 is 1.08 bits per heavy atom. The van der Waals surface area contributed by atoms with Crippen LogP contribution in [0.25, 0.3) is 0 Å². The normalized spacial score (nSPS) is 30.9. The molecular formula is C31H40INO3. The average molecular weight is 602 g/mol. The van der Waals surface area contributed by atoms with Gasteiger partial charge in [0.05, 0.1) is 16.6 Å². The summed E-state index contributed by atoms with van der Waals surface area (Å²) in [7, 11) is 0. The first kappa shape index (κ1) is 25.3. The van der Waals surface area contributed by atoms with Crippen LogP contribution < -0.4 is 0 Å². The molecule has 1 aromatic carbocycles. The van der Waals surface area contributed by atoms with Gasteiger partial charge in [0.1, 0.15) is 11.7 Å². The standard InChI is InChI=1S/C31H40INO3/c1-18(2)27-25-26(24-21(33-27)15-30(11-6-12-30)16-22(24)34)31(13-14-35-17-23(31)32)36-28(25)19-7-9-20(10-8-19)29(3,4)5/h7-10,18,22-23,28,34H,6,11-17H2,1-5H3/t22?,23?,28-,31?/m1/s1. The van der Waals surface area contributed by atoms with E-state index < -0.39 is 11.7 Å². The lowest BCUT2D eigenvalue weighted by Crippen LogP contribution is -2.46. The van der Waals surface area contributed by atoms with Crippen molar-refractivity contribution in [2.45, 2.75) is 106 Å². The molecule has 4 atom stereocenters. The molecule has 1 aromatic heterocycles. The van der Waals surface area contributed by atoms with E-state index >= 15 is 0 Å². The summed E-state index contributed by atoms with van der Waals surface area (Å²) in [6.45, 7) is 12.6. The first-order valence-corrected chi connectivity index (χ1v) is 15.0. The minimum Gasteiger partial charge on any atom is -0.388 e. The molecule has 2 fully saturated rings. The predicted molar refractivity (Wildman–Crippen MR) is 151 cm³/mol. The van der Waals surface area contributed by atoms with Gasteiger partial charge in [-0.05, 0) is 53.6 Å². The number of aromatic nitrogens is 1. The number of ether oxygens (including phenoxy) is 2. The Hall–Kier alpha value is -1.02. The highest BCUT2D eigenvalue weighted by molar-refractivity contribution is 14.1. The smallest absolute Gasteiger partial charge is 0.111 e. The topological polar surface area (TPSA) is 51.6 Å². The van der Waals surface area contributed by atoms with Gasteiger partial charge in [-0.2, -0.15) is 0 Å². The summed E-state index contributed by atoms with van der Waals surface area (Å²) in [4.78, 5) is 5.37. The van der Waals surface area contributed by atoms with E-state index in [0.717, 1.165) is 36.2 Å². The van der Waals surface area contributed by atoms with Crippen molar-refractivity contribution < 1.29 is 14.6 Å².